The maximum atomic E-state index is 12.6. The van der Waals surface area contributed by atoms with Crippen molar-refractivity contribution in [3.8, 4) is 0 Å². The molecule has 0 bridgehead atoms. The van der Waals surface area contributed by atoms with Crippen LogP contribution in [0.15, 0.2) is 4.99 Å². The Labute approximate surface area is 191 Å². The van der Waals surface area contributed by atoms with Crippen LogP contribution in [-0.4, -0.2) is 64.5 Å². The van der Waals surface area contributed by atoms with E-state index >= 15 is 0 Å². The Bertz CT molecular complexity index is 803. The molecule has 2 fully saturated rings. The van der Waals surface area contributed by atoms with E-state index in [1.165, 1.54) is 12.8 Å². The number of aliphatic imine (C=N–C) groups is 1. The second-order valence-electron chi connectivity index (χ2n) is 8.16. The minimum atomic E-state index is -3.32. The van der Waals surface area contributed by atoms with Crippen LogP contribution in [0.25, 0.3) is 0 Å². The summed E-state index contributed by atoms with van der Waals surface area (Å²) in [7, 11) is -1.39. The molecule has 0 amide bonds. The van der Waals surface area contributed by atoms with E-state index in [9.17, 15) is 8.42 Å². The summed E-state index contributed by atoms with van der Waals surface area (Å²) in [5.74, 6) is 2.44. The largest absolute Gasteiger partial charge is 0.353 e. The van der Waals surface area contributed by atoms with Gasteiger partial charge in [-0.05, 0) is 40.0 Å². The molecule has 1 aliphatic heterocycles. The van der Waals surface area contributed by atoms with Crippen molar-refractivity contribution in [1.29, 1.82) is 0 Å². The van der Waals surface area contributed by atoms with Crippen LogP contribution in [0.5, 0.6) is 0 Å². The molecule has 11 heteroatoms. The van der Waals surface area contributed by atoms with Crippen LogP contribution < -0.4 is 10.0 Å². The summed E-state index contributed by atoms with van der Waals surface area (Å²) in [5.41, 5.74) is 0. The first kappa shape index (κ1) is 24.3. The highest BCUT2D eigenvalue weighted by Crippen LogP contribution is 2.21. The van der Waals surface area contributed by atoms with Crippen LogP contribution in [0, 0.1) is 6.92 Å². The lowest BCUT2D eigenvalue weighted by atomic mass is 10.2. The van der Waals surface area contributed by atoms with E-state index in [0.717, 1.165) is 30.5 Å². The van der Waals surface area contributed by atoms with Gasteiger partial charge in [0.2, 0.25) is 10.0 Å². The molecule has 2 aliphatic rings. The second-order valence-corrected chi connectivity index (χ2v) is 10.2. The molecule has 9 nitrogen and oxygen atoms in total. The molecule has 0 spiro atoms. The fourth-order valence-electron chi connectivity index (χ4n) is 3.82. The molecule has 1 aliphatic carbocycles. The van der Waals surface area contributed by atoms with Crippen molar-refractivity contribution in [2.24, 2.45) is 12.0 Å². The zero-order valence-electron chi connectivity index (χ0n) is 17.8. The highest BCUT2D eigenvalue weighted by Gasteiger charge is 2.35. The monoisotopic (exact) mass is 539 g/mol. The molecular formula is C18H34IN7O2S. The fraction of sp³-hybridized carbons (Fsp3) is 0.833. The van der Waals surface area contributed by atoms with Crippen molar-refractivity contribution in [3.63, 3.8) is 0 Å². The van der Waals surface area contributed by atoms with E-state index in [0.29, 0.717) is 32.1 Å². The average molecular weight is 539 g/mol. The van der Waals surface area contributed by atoms with E-state index < -0.39 is 15.3 Å². The van der Waals surface area contributed by atoms with Gasteiger partial charge in [-0.15, -0.1) is 34.2 Å². The number of nitrogens with zero attached hydrogens (tertiary/aromatic N) is 5. The third-order valence-electron chi connectivity index (χ3n) is 5.52. The SMILES string of the molecule is Cc1nnc(CN=C(NC2CCCC2)N2CCC(S(=O)(=O)NC(C)C)C2)n1C.I. The Morgan fingerprint density at radius 2 is 1.93 bits per heavy atom. The Morgan fingerprint density at radius 1 is 1.24 bits per heavy atom. The Hall–Kier alpha value is -0.950. The van der Waals surface area contributed by atoms with E-state index in [4.69, 9.17) is 4.99 Å². The number of sulfonamides is 1. The second kappa shape index (κ2) is 10.4. The zero-order chi connectivity index (χ0) is 20.3. The minimum Gasteiger partial charge on any atom is -0.353 e. The van der Waals surface area contributed by atoms with Gasteiger partial charge in [0, 0.05) is 32.2 Å². The van der Waals surface area contributed by atoms with Gasteiger partial charge in [0.05, 0.1) is 5.25 Å². The maximum absolute atomic E-state index is 12.6. The van der Waals surface area contributed by atoms with Crippen molar-refractivity contribution in [1.82, 2.24) is 29.7 Å². The van der Waals surface area contributed by atoms with E-state index in [2.05, 4.69) is 25.1 Å². The lowest BCUT2D eigenvalue weighted by Crippen LogP contribution is -2.46. The average Bonchev–Trinajstić information content (AvgIpc) is 3.35. The van der Waals surface area contributed by atoms with Gasteiger partial charge in [-0.3, -0.25) is 0 Å². The van der Waals surface area contributed by atoms with E-state index in [1.807, 2.05) is 32.4 Å². The number of hydrogen-bond acceptors (Lipinski definition) is 5. The topological polar surface area (TPSA) is 105 Å². The van der Waals surface area contributed by atoms with Crippen LogP contribution in [0.1, 0.15) is 57.6 Å². The number of aromatic nitrogens is 3. The number of nitrogens with one attached hydrogen (secondary N) is 2. The molecule has 2 N–H and O–H groups in total. The molecule has 3 rings (SSSR count). The molecule has 2 heterocycles. The highest BCUT2D eigenvalue weighted by molar-refractivity contribution is 14.0. The van der Waals surface area contributed by atoms with Gasteiger partial charge in [0.1, 0.15) is 12.4 Å². The third kappa shape index (κ3) is 6.27. The summed E-state index contributed by atoms with van der Waals surface area (Å²) in [6.07, 6.45) is 5.32. The minimum absolute atomic E-state index is 0. The van der Waals surface area contributed by atoms with Crippen LogP contribution in [0.2, 0.25) is 0 Å². The van der Waals surface area contributed by atoms with Crippen molar-refractivity contribution in [2.45, 2.75) is 76.8 Å². The number of rotatable bonds is 6. The first-order valence-corrected chi connectivity index (χ1v) is 11.7. The predicted molar refractivity (Wildman–Crippen MR) is 125 cm³/mol. The normalized spacial score (nSPS) is 21.1. The summed E-state index contributed by atoms with van der Waals surface area (Å²) in [4.78, 5) is 6.86. The third-order valence-corrected chi connectivity index (χ3v) is 7.59. The number of hydrogen-bond donors (Lipinski definition) is 2. The molecular weight excluding hydrogens is 505 g/mol. The molecule has 1 atom stereocenters. The summed E-state index contributed by atoms with van der Waals surface area (Å²) >= 11 is 0. The van der Waals surface area contributed by atoms with Gasteiger partial charge in [0.15, 0.2) is 11.8 Å². The van der Waals surface area contributed by atoms with Gasteiger partial charge < -0.3 is 14.8 Å². The standard InChI is InChI=1S/C18H33N7O2S.HI/c1-13(2)23-28(26,27)16-9-10-25(12-16)18(20-15-7-5-6-8-15)19-11-17-22-21-14(3)24(17)4;/h13,15-16,23H,5-12H2,1-4H3,(H,19,20);1H. The Balaban J connectivity index is 0.00000300. The van der Waals surface area contributed by atoms with Crippen LogP contribution >= 0.6 is 24.0 Å². The molecule has 0 aromatic carbocycles. The van der Waals surface area contributed by atoms with Gasteiger partial charge >= 0.3 is 0 Å². The number of aryl methyl sites for hydroxylation is 1. The zero-order valence-corrected chi connectivity index (χ0v) is 20.9. The number of guanidine groups is 1. The van der Waals surface area contributed by atoms with Crippen molar-refractivity contribution in [2.75, 3.05) is 13.1 Å². The quantitative estimate of drug-likeness (QED) is 0.323. The molecule has 1 aromatic heterocycles. The van der Waals surface area contributed by atoms with Crippen molar-refractivity contribution in [3.05, 3.63) is 11.6 Å². The van der Waals surface area contributed by atoms with Crippen LogP contribution in [-0.2, 0) is 23.6 Å². The molecule has 29 heavy (non-hydrogen) atoms. The first-order valence-electron chi connectivity index (χ1n) is 10.2. The number of halogens is 1. The maximum Gasteiger partial charge on any atom is 0.216 e. The lowest BCUT2D eigenvalue weighted by molar-refractivity contribution is 0.467. The smallest absolute Gasteiger partial charge is 0.216 e. The van der Waals surface area contributed by atoms with Gasteiger partial charge in [-0.1, -0.05) is 12.8 Å². The Morgan fingerprint density at radius 3 is 2.52 bits per heavy atom. The van der Waals surface area contributed by atoms with E-state index in [-0.39, 0.29) is 30.0 Å². The molecule has 1 aromatic rings. The molecule has 166 valence electrons. The molecule has 0 radical (unpaired) electrons. The fourth-order valence-corrected chi connectivity index (χ4v) is 5.46. The highest BCUT2D eigenvalue weighted by atomic mass is 127. The summed E-state index contributed by atoms with van der Waals surface area (Å²) < 4.78 is 29.8. The van der Waals surface area contributed by atoms with Gasteiger partial charge in [-0.2, -0.15) is 0 Å². The van der Waals surface area contributed by atoms with Crippen LogP contribution in [0.3, 0.4) is 0 Å². The summed E-state index contributed by atoms with van der Waals surface area (Å²) in [5, 5.41) is 11.4. The summed E-state index contributed by atoms with van der Waals surface area (Å²) in [6.45, 7) is 7.17. The van der Waals surface area contributed by atoms with Gasteiger partial charge in [0.25, 0.3) is 0 Å². The first-order chi connectivity index (χ1) is 13.3. The van der Waals surface area contributed by atoms with E-state index in [1.54, 1.807) is 0 Å². The summed E-state index contributed by atoms with van der Waals surface area (Å²) in [6, 6.07) is 0.312. The number of likely N-dealkylation sites (tertiary alicyclic amines) is 1. The predicted octanol–water partition coefficient (Wildman–Crippen LogP) is 1.53. The van der Waals surface area contributed by atoms with Gasteiger partial charge in [-0.25, -0.2) is 18.1 Å². The van der Waals surface area contributed by atoms with Crippen molar-refractivity contribution < 1.29 is 8.42 Å². The molecule has 1 saturated heterocycles. The Kier molecular flexibility index (Phi) is 8.71. The lowest BCUT2D eigenvalue weighted by Gasteiger charge is -2.25. The van der Waals surface area contributed by atoms with Crippen LogP contribution in [0.4, 0.5) is 0 Å². The molecule has 1 saturated carbocycles. The molecule has 1 unspecified atom stereocenters. The van der Waals surface area contributed by atoms with Crippen molar-refractivity contribution >= 4 is 40.0 Å².